The topological polar surface area (TPSA) is 78.5 Å². The van der Waals surface area contributed by atoms with Crippen molar-refractivity contribution in [1.29, 1.82) is 0 Å². The Morgan fingerprint density at radius 3 is 2.58 bits per heavy atom. The number of halogens is 2. The van der Waals surface area contributed by atoms with Gasteiger partial charge in [-0.1, -0.05) is 43.6 Å². The van der Waals surface area contributed by atoms with Gasteiger partial charge in [-0.2, -0.15) is 0 Å². The van der Waals surface area contributed by atoms with Gasteiger partial charge in [-0.25, -0.2) is 4.39 Å². The third-order valence-electron chi connectivity index (χ3n) is 6.71. The van der Waals surface area contributed by atoms with E-state index in [4.69, 9.17) is 11.6 Å². The van der Waals surface area contributed by atoms with E-state index >= 15 is 0 Å². The monoisotopic (exact) mass is 441 g/mol. The molecule has 2 N–H and O–H groups in total. The fourth-order valence-corrected chi connectivity index (χ4v) is 5.49. The summed E-state index contributed by atoms with van der Waals surface area (Å²) in [6, 6.07) is 10.6. The first-order chi connectivity index (χ1) is 14.8. The van der Waals surface area contributed by atoms with Crippen LogP contribution in [0.2, 0.25) is 5.02 Å². The molecule has 0 aliphatic carbocycles. The lowest BCUT2D eigenvalue weighted by molar-refractivity contribution is -0.143. The highest BCUT2D eigenvalue weighted by atomic mass is 35.5. The molecule has 31 heavy (non-hydrogen) atoms. The summed E-state index contributed by atoms with van der Waals surface area (Å²) in [7, 11) is 0. The lowest BCUT2D eigenvalue weighted by Gasteiger charge is -2.30. The second-order valence-corrected chi connectivity index (χ2v) is 9.13. The van der Waals surface area contributed by atoms with Crippen molar-refractivity contribution in [1.82, 2.24) is 10.2 Å². The van der Waals surface area contributed by atoms with Gasteiger partial charge >= 0.3 is 0 Å². The highest BCUT2D eigenvalue weighted by molar-refractivity contribution is 6.31. The van der Waals surface area contributed by atoms with Crippen LogP contribution < -0.4 is 10.6 Å². The fourth-order valence-electron chi connectivity index (χ4n) is 5.29. The molecule has 0 radical (unpaired) electrons. The lowest BCUT2D eigenvalue weighted by atomic mass is 9.76. The minimum atomic E-state index is -1.49. The van der Waals surface area contributed by atoms with Gasteiger partial charge in [-0.05, 0) is 35.7 Å². The standard InChI is InChI=1S/C23H21ClFN3O3/c1-11(2)19-17-18(21(30)28(20(17)29)10-12-5-3-4-6-15(12)24)23(27-19)14-9-13(25)7-8-16(14)26-22(23)31/h3-9,11,17-19,27H,10H2,1-2H3,(H,26,31)/t17-,18-,19?,23?/m0/s1. The summed E-state index contributed by atoms with van der Waals surface area (Å²) in [4.78, 5) is 41.5. The first-order valence-corrected chi connectivity index (χ1v) is 10.6. The molecule has 2 aromatic rings. The van der Waals surface area contributed by atoms with Gasteiger partial charge in [0.15, 0.2) is 0 Å². The molecule has 3 heterocycles. The minimum absolute atomic E-state index is 0.0306. The van der Waals surface area contributed by atoms with E-state index in [9.17, 15) is 18.8 Å². The van der Waals surface area contributed by atoms with Crippen LogP contribution in [0.15, 0.2) is 42.5 Å². The highest BCUT2D eigenvalue weighted by Gasteiger charge is 2.70. The van der Waals surface area contributed by atoms with E-state index in [-0.39, 0.29) is 18.4 Å². The van der Waals surface area contributed by atoms with Crippen molar-refractivity contribution in [3.63, 3.8) is 0 Å². The quantitative estimate of drug-likeness (QED) is 0.717. The molecule has 3 amide bonds. The van der Waals surface area contributed by atoms with Gasteiger partial charge in [-0.3, -0.25) is 24.6 Å². The maximum absolute atomic E-state index is 14.2. The van der Waals surface area contributed by atoms with Crippen LogP contribution in [0.4, 0.5) is 10.1 Å². The number of nitrogens with one attached hydrogen (secondary N) is 2. The predicted octanol–water partition coefficient (Wildman–Crippen LogP) is 3.06. The SMILES string of the molecule is CC(C)C1NC2(C(=O)Nc3ccc(F)cc32)[C@@H]2C(=O)N(Cc3ccccc3Cl)C(=O)[C@H]12. The summed E-state index contributed by atoms with van der Waals surface area (Å²) in [5.41, 5.74) is -0.0153. The number of fused-ring (bicyclic) bond motifs is 4. The van der Waals surface area contributed by atoms with Gasteiger partial charge in [0.25, 0.3) is 0 Å². The average Bonchev–Trinajstić information content (AvgIpc) is 3.31. The van der Waals surface area contributed by atoms with E-state index in [0.717, 1.165) is 0 Å². The number of nitrogens with zero attached hydrogens (tertiary/aromatic N) is 1. The molecule has 8 heteroatoms. The van der Waals surface area contributed by atoms with E-state index < -0.39 is 41.0 Å². The number of rotatable bonds is 3. The van der Waals surface area contributed by atoms with E-state index in [1.54, 1.807) is 24.3 Å². The Labute approximate surface area is 183 Å². The van der Waals surface area contributed by atoms with Crippen molar-refractivity contribution in [2.24, 2.45) is 17.8 Å². The first-order valence-electron chi connectivity index (χ1n) is 10.2. The highest BCUT2D eigenvalue weighted by Crippen LogP contribution is 2.54. The van der Waals surface area contributed by atoms with E-state index in [0.29, 0.717) is 21.8 Å². The molecule has 2 unspecified atom stereocenters. The minimum Gasteiger partial charge on any atom is -0.324 e. The number of amides is 3. The van der Waals surface area contributed by atoms with Crippen LogP contribution >= 0.6 is 11.6 Å². The number of carbonyl (C=O) groups excluding carboxylic acids is 3. The number of imide groups is 1. The zero-order chi connectivity index (χ0) is 22.1. The largest absolute Gasteiger partial charge is 0.324 e. The zero-order valence-corrected chi connectivity index (χ0v) is 17.7. The number of hydrogen-bond donors (Lipinski definition) is 2. The maximum atomic E-state index is 14.2. The summed E-state index contributed by atoms with van der Waals surface area (Å²) < 4.78 is 14.2. The summed E-state index contributed by atoms with van der Waals surface area (Å²) in [6.45, 7) is 3.89. The van der Waals surface area contributed by atoms with Gasteiger partial charge in [0.05, 0.1) is 18.4 Å². The Kier molecular flexibility index (Phi) is 4.46. The molecule has 5 rings (SSSR count). The number of benzene rings is 2. The van der Waals surface area contributed by atoms with Gasteiger partial charge < -0.3 is 5.32 Å². The van der Waals surface area contributed by atoms with Gasteiger partial charge in [-0.15, -0.1) is 0 Å². The van der Waals surface area contributed by atoms with E-state index in [2.05, 4.69) is 10.6 Å². The van der Waals surface area contributed by atoms with E-state index in [1.807, 2.05) is 13.8 Å². The summed E-state index contributed by atoms with van der Waals surface area (Å²) in [5.74, 6) is -3.45. The third kappa shape index (κ3) is 2.69. The summed E-state index contributed by atoms with van der Waals surface area (Å²) in [5, 5.41) is 6.51. The molecule has 3 aliphatic heterocycles. The third-order valence-corrected chi connectivity index (χ3v) is 7.08. The van der Waals surface area contributed by atoms with Crippen LogP contribution in [0.5, 0.6) is 0 Å². The maximum Gasteiger partial charge on any atom is 0.250 e. The number of likely N-dealkylation sites (tertiary alicyclic amines) is 1. The van der Waals surface area contributed by atoms with Crippen molar-refractivity contribution in [2.75, 3.05) is 5.32 Å². The Hall–Kier alpha value is -2.77. The lowest BCUT2D eigenvalue weighted by Crippen LogP contribution is -2.53. The molecule has 2 fully saturated rings. The van der Waals surface area contributed by atoms with Crippen molar-refractivity contribution >= 4 is 35.0 Å². The van der Waals surface area contributed by atoms with Crippen LogP contribution in [0, 0.1) is 23.6 Å². The van der Waals surface area contributed by atoms with Gasteiger partial charge in [0.1, 0.15) is 11.4 Å². The van der Waals surface area contributed by atoms with Crippen LogP contribution in [0.1, 0.15) is 25.0 Å². The average molecular weight is 442 g/mol. The van der Waals surface area contributed by atoms with Crippen molar-refractivity contribution in [3.05, 3.63) is 64.4 Å². The molecule has 3 aliphatic rings. The number of anilines is 1. The number of hydrogen-bond acceptors (Lipinski definition) is 4. The molecule has 1 spiro atoms. The molecule has 0 saturated carbocycles. The molecule has 4 atom stereocenters. The summed E-state index contributed by atoms with van der Waals surface area (Å²) in [6.07, 6.45) is 0. The normalized spacial score (nSPS) is 29.1. The number of carbonyl (C=O) groups is 3. The Morgan fingerprint density at radius 1 is 1.13 bits per heavy atom. The molecular weight excluding hydrogens is 421 g/mol. The Morgan fingerprint density at radius 2 is 1.87 bits per heavy atom. The van der Waals surface area contributed by atoms with Crippen LogP contribution in [-0.4, -0.2) is 28.7 Å². The van der Waals surface area contributed by atoms with Gasteiger partial charge in [0, 0.05) is 22.3 Å². The first kappa shape index (κ1) is 20.2. The molecule has 0 bridgehead atoms. The van der Waals surface area contributed by atoms with Crippen molar-refractivity contribution in [3.8, 4) is 0 Å². The van der Waals surface area contributed by atoms with E-state index in [1.165, 1.54) is 23.1 Å². The fraction of sp³-hybridized carbons (Fsp3) is 0.348. The molecule has 2 aromatic carbocycles. The molecule has 0 aromatic heterocycles. The Balaban J connectivity index is 1.63. The van der Waals surface area contributed by atoms with Crippen LogP contribution in [-0.2, 0) is 26.5 Å². The van der Waals surface area contributed by atoms with Gasteiger partial charge in [0.2, 0.25) is 17.7 Å². The smallest absolute Gasteiger partial charge is 0.250 e. The predicted molar refractivity (Wildman–Crippen MR) is 112 cm³/mol. The molecule has 160 valence electrons. The molecule has 2 saturated heterocycles. The second-order valence-electron chi connectivity index (χ2n) is 8.72. The van der Waals surface area contributed by atoms with Crippen LogP contribution in [0.25, 0.3) is 0 Å². The van der Waals surface area contributed by atoms with Crippen molar-refractivity contribution in [2.45, 2.75) is 32.0 Å². The second kappa shape index (κ2) is 6.87. The Bertz CT molecular complexity index is 1140. The van der Waals surface area contributed by atoms with Crippen LogP contribution in [0.3, 0.4) is 0 Å². The van der Waals surface area contributed by atoms with Crippen molar-refractivity contribution < 1.29 is 18.8 Å². The molecule has 6 nitrogen and oxygen atoms in total. The molecular formula is C23H21ClFN3O3. The summed E-state index contributed by atoms with van der Waals surface area (Å²) >= 11 is 6.26. The zero-order valence-electron chi connectivity index (χ0n) is 17.0.